The number of hydrogen-bond donors (Lipinski definition) is 0. The maximum absolute atomic E-state index is 5.30. The highest BCUT2D eigenvalue weighted by Gasteiger charge is 2.33. The highest BCUT2D eigenvalue weighted by atomic mass is 16.5. The molecule has 0 aromatic heterocycles. The van der Waals surface area contributed by atoms with Crippen molar-refractivity contribution in [2.45, 2.75) is 60.0 Å². The van der Waals surface area contributed by atoms with Crippen LogP contribution in [0.1, 0.15) is 53.9 Å². The first-order valence-corrected chi connectivity index (χ1v) is 6.82. The van der Waals surface area contributed by atoms with E-state index in [2.05, 4.69) is 46.8 Å². The van der Waals surface area contributed by atoms with E-state index in [-0.39, 0.29) is 6.10 Å². The third-order valence-corrected chi connectivity index (χ3v) is 4.24. The molecule has 1 aliphatic rings. The molecule has 0 heterocycles. The lowest BCUT2D eigenvalue weighted by Gasteiger charge is -2.40. The molecule has 0 amide bonds. The second-order valence-electron chi connectivity index (χ2n) is 5.95. The first kappa shape index (κ1) is 14.5. The molecule has 0 spiro atoms. The van der Waals surface area contributed by atoms with Crippen molar-refractivity contribution in [2.24, 2.45) is 11.3 Å². The molecule has 0 fully saturated rings. The van der Waals surface area contributed by atoms with E-state index >= 15 is 0 Å². The lowest BCUT2D eigenvalue weighted by molar-refractivity contribution is 0.154. The van der Waals surface area contributed by atoms with Crippen molar-refractivity contribution in [1.82, 2.24) is 0 Å². The highest BCUT2D eigenvalue weighted by molar-refractivity contribution is 5.26. The molecule has 0 bridgehead atoms. The van der Waals surface area contributed by atoms with Crippen LogP contribution < -0.4 is 0 Å². The molecular weight excluding hydrogens is 208 g/mol. The van der Waals surface area contributed by atoms with E-state index in [0.717, 1.165) is 0 Å². The zero-order valence-electron chi connectivity index (χ0n) is 12.3. The van der Waals surface area contributed by atoms with Crippen molar-refractivity contribution in [3.05, 3.63) is 23.3 Å². The summed E-state index contributed by atoms with van der Waals surface area (Å²) in [5.74, 6) is 0.582. The van der Waals surface area contributed by atoms with Gasteiger partial charge < -0.3 is 4.74 Å². The fourth-order valence-electron chi connectivity index (χ4n) is 2.81. The zero-order chi connectivity index (χ0) is 13.1. The maximum Gasteiger partial charge on any atom is 0.0724 e. The van der Waals surface area contributed by atoms with Crippen LogP contribution in [0.5, 0.6) is 0 Å². The Morgan fingerprint density at radius 2 is 2.12 bits per heavy atom. The second-order valence-corrected chi connectivity index (χ2v) is 5.95. The van der Waals surface area contributed by atoms with E-state index in [9.17, 15) is 0 Å². The summed E-state index contributed by atoms with van der Waals surface area (Å²) < 4.78 is 5.30. The van der Waals surface area contributed by atoms with Gasteiger partial charge in [-0.15, -0.1) is 0 Å². The van der Waals surface area contributed by atoms with Gasteiger partial charge in [0.05, 0.1) is 6.10 Å². The molecule has 1 aliphatic carbocycles. The minimum absolute atomic E-state index is 0.214. The van der Waals surface area contributed by atoms with Gasteiger partial charge in [0.2, 0.25) is 0 Å². The van der Waals surface area contributed by atoms with Crippen LogP contribution in [0, 0.1) is 11.3 Å². The molecule has 1 heteroatoms. The Labute approximate surface area is 107 Å². The summed E-state index contributed by atoms with van der Waals surface area (Å²) >= 11 is 0. The van der Waals surface area contributed by atoms with E-state index < -0.39 is 0 Å². The molecule has 0 saturated carbocycles. The average Bonchev–Trinajstić information content (AvgIpc) is 2.29. The SMILES string of the molecule is CCC1=C(C)CCC(C)(C)C1/C=C/C(C)OC. The lowest BCUT2D eigenvalue weighted by Crippen LogP contribution is -2.28. The van der Waals surface area contributed by atoms with Crippen LogP contribution in [-0.4, -0.2) is 13.2 Å². The van der Waals surface area contributed by atoms with Crippen LogP contribution >= 0.6 is 0 Å². The maximum atomic E-state index is 5.30. The van der Waals surface area contributed by atoms with E-state index in [1.54, 1.807) is 18.3 Å². The van der Waals surface area contributed by atoms with Crippen molar-refractivity contribution in [3.8, 4) is 0 Å². The molecule has 17 heavy (non-hydrogen) atoms. The van der Waals surface area contributed by atoms with Gasteiger partial charge in [-0.05, 0) is 38.5 Å². The van der Waals surface area contributed by atoms with Gasteiger partial charge in [-0.1, -0.05) is 44.1 Å². The van der Waals surface area contributed by atoms with E-state index in [0.29, 0.717) is 11.3 Å². The number of rotatable bonds is 4. The largest absolute Gasteiger partial charge is 0.378 e. The normalized spacial score (nSPS) is 26.6. The summed E-state index contributed by atoms with van der Waals surface area (Å²) in [6.07, 6.45) is 8.52. The van der Waals surface area contributed by atoms with Gasteiger partial charge in [-0.2, -0.15) is 0 Å². The Hall–Kier alpha value is -0.560. The van der Waals surface area contributed by atoms with Gasteiger partial charge in [0.15, 0.2) is 0 Å². The predicted molar refractivity (Wildman–Crippen MR) is 75.1 cm³/mol. The Bertz CT molecular complexity index is 309. The number of allylic oxidation sites excluding steroid dienone is 3. The van der Waals surface area contributed by atoms with Gasteiger partial charge in [0, 0.05) is 13.0 Å². The number of ether oxygens (including phenoxy) is 1. The molecule has 0 aromatic rings. The molecule has 0 radical (unpaired) electrons. The smallest absolute Gasteiger partial charge is 0.0724 e. The van der Waals surface area contributed by atoms with Crippen LogP contribution in [0.2, 0.25) is 0 Å². The van der Waals surface area contributed by atoms with Gasteiger partial charge in [0.25, 0.3) is 0 Å². The van der Waals surface area contributed by atoms with Crippen LogP contribution in [0.4, 0.5) is 0 Å². The molecule has 0 saturated heterocycles. The monoisotopic (exact) mass is 236 g/mol. The molecule has 1 nitrogen and oxygen atoms in total. The fourth-order valence-corrected chi connectivity index (χ4v) is 2.81. The van der Waals surface area contributed by atoms with Gasteiger partial charge >= 0.3 is 0 Å². The van der Waals surface area contributed by atoms with E-state index in [4.69, 9.17) is 4.74 Å². The molecule has 0 aliphatic heterocycles. The molecule has 0 N–H and O–H groups in total. The zero-order valence-corrected chi connectivity index (χ0v) is 12.3. The lowest BCUT2D eigenvalue weighted by atomic mass is 9.65. The fraction of sp³-hybridized carbons (Fsp3) is 0.750. The van der Waals surface area contributed by atoms with Gasteiger partial charge in [-0.3, -0.25) is 0 Å². The molecule has 1 rings (SSSR count). The van der Waals surface area contributed by atoms with Crippen LogP contribution in [0.25, 0.3) is 0 Å². The molecule has 2 atom stereocenters. The van der Waals surface area contributed by atoms with Gasteiger partial charge in [0.1, 0.15) is 0 Å². The summed E-state index contributed by atoms with van der Waals surface area (Å²) in [6.45, 7) is 11.5. The van der Waals surface area contributed by atoms with Crippen molar-refractivity contribution in [3.63, 3.8) is 0 Å². The predicted octanol–water partition coefficient (Wildman–Crippen LogP) is 4.74. The van der Waals surface area contributed by atoms with Crippen molar-refractivity contribution in [2.75, 3.05) is 7.11 Å². The molecule has 0 aromatic carbocycles. The van der Waals surface area contributed by atoms with E-state index in [1.165, 1.54) is 19.3 Å². The Morgan fingerprint density at radius 1 is 1.47 bits per heavy atom. The highest BCUT2D eigenvalue weighted by Crippen LogP contribution is 2.45. The minimum Gasteiger partial charge on any atom is -0.378 e. The van der Waals surface area contributed by atoms with Crippen LogP contribution in [0.3, 0.4) is 0 Å². The van der Waals surface area contributed by atoms with Crippen LogP contribution in [-0.2, 0) is 4.74 Å². The molecule has 98 valence electrons. The third-order valence-electron chi connectivity index (χ3n) is 4.24. The first-order chi connectivity index (χ1) is 7.92. The Kier molecular flexibility index (Phi) is 5.00. The molecular formula is C16H28O. The quantitative estimate of drug-likeness (QED) is 0.641. The van der Waals surface area contributed by atoms with Crippen molar-refractivity contribution < 1.29 is 4.74 Å². The number of hydrogen-bond acceptors (Lipinski definition) is 1. The van der Waals surface area contributed by atoms with Gasteiger partial charge in [-0.25, -0.2) is 0 Å². The summed E-state index contributed by atoms with van der Waals surface area (Å²) in [4.78, 5) is 0. The summed E-state index contributed by atoms with van der Waals surface area (Å²) in [5, 5.41) is 0. The van der Waals surface area contributed by atoms with Crippen molar-refractivity contribution >= 4 is 0 Å². The third kappa shape index (κ3) is 3.45. The van der Waals surface area contributed by atoms with Crippen molar-refractivity contribution in [1.29, 1.82) is 0 Å². The minimum atomic E-state index is 0.214. The topological polar surface area (TPSA) is 9.23 Å². The first-order valence-electron chi connectivity index (χ1n) is 6.82. The second kappa shape index (κ2) is 5.86. The average molecular weight is 236 g/mol. The number of methoxy groups -OCH3 is 1. The Balaban J connectivity index is 2.97. The summed E-state index contributed by atoms with van der Waals surface area (Å²) in [7, 11) is 1.77. The summed E-state index contributed by atoms with van der Waals surface area (Å²) in [6, 6.07) is 0. The standard InChI is InChI=1S/C16H28O/c1-7-14-12(2)10-11-16(4,5)15(14)9-8-13(3)17-6/h8-9,13,15H,7,10-11H2,1-6H3/b9-8+. The Morgan fingerprint density at radius 3 is 2.65 bits per heavy atom. The van der Waals surface area contributed by atoms with E-state index in [1.807, 2.05) is 0 Å². The molecule has 2 unspecified atom stereocenters. The summed E-state index contributed by atoms with van der Waals surface area (Å²) in [5.41, 5.74) is 3.63. The van der Waals surface area contributed by atoms with Crippen LogP contribution in [0.15, 0.2) is 23.3 Å².